The van der Waals surface area contributed by atoms with Crippen LogP contribution in [0.3, 0.4) is 0 Å². The highest BCUT2D eigenvalue weighted by Gasteiger charge is 2.04. The lowest BCUT2D eigenvalue weighted by Gasteiger charge is -2.08. The summed E-state index contributed by atoms with van der Waals surface area (Å²) in [6.45, 7) is 0.409. The lowest BCUT2D eigenvalue weighted by atomic mass is 10.1. The number of nitrogens with zero attached hydrogens (tertiary/aromatic N) is 1. The van der Waals surface area contributed by atoms with Gasteiger partial charge in [0, 0.05) is 18.0 Å². The molecule has 19 heavy (non-hydrogen) atoms. The molecule has 0 bridgehead atoms. The minimum atomic E-state index is 0.409. The molecular formula is C16H14N2O. The Labute approximate surface area is 111 Å². The molecule has 3 nitrogen and oxygen atoms in total. The zero-order valence-corrected chi connectivity index (χ0v) is 10.4. The van der Waals surface area contributed by atoms with E-state index in [0.29, 0.717) is 12.4 Å². The van der Waals surface area contributed by atoms with Crippen LogP contribution in [0, 0.1) is 0 Å². The van der Waals surface area contributed by atoms with Crippen LogP contribution in [0.15, 0.2) is 60.7 Å². The Morgan fingerprint density at radius 1 is 0.895 bits per heavy atom. The van der Waals surface area contributed by atoms with Crippen LogP contribution in [0.5, 0.6) is 11.6 Å². The minimum absolute atomic E-state index is 0.409. The summed E-state index contributed by atoms with van der Waals surface area (Å²) in [5, 5.41) is 2.22. The van der Waals surface area contributed by atoms with Gasteiger partial charge in [-0.05, 0) is 17.5 Å². The fourth-order valence-corrected chi connectivity index (χ4v) is 2.03. The lowest BCUT2D eigenvalue weighted by molar-refractivity contribution is 0.466. The van der Waals surface area contributed by atoms with Crippen molar-refractivity contribution in [1.82, 2.24) is 4.98 Å². The Bertz CT molecular complexity index is 704. The third-order valence-corrected chi connectivity index (χ3v) is 2.95. The molecule has 1 aromatic heterocycles. The quantitative estimate of drug-likeness (QED) is 0.774. The number of hydrogen-bond acceptors (Lipinski definition) is 3. The van der Waals surface area contributed by atoms with Crippen molar-refractivity contribution in [1.29, 1.82) is 0 Å². The summed E-state index contributed by atoms with van der Waals surface area (Å²) in [7, 11) is 0. The van der Waals surface area contributed by atoms with Gasteiger partial charge in [0.25, 0.3) is 0 Å². The molecule has 3 aromatic rings. The van der Waals surface area contributed by atoms with Crippen LogP contribution >= 0.6 is 0 Å². The van der Waals surface area contributed by atoms with E-state index >= 15 is 0 Å². The number of benzene rings is 2. The maximum Gasteiger partial charge on any atom is 0.219 e. The van der Waals surface area contributed by atoms with Crippen LogP contribution in [0.25, 0.3) is 10.8 Å². The maximum atomic E-state index is 5.87. The molecule has 0 saturated carbocycles. The second-order valence-corrected chi connectivity index (χ2v) is 4.25. The summed E-state index contributed by atoms with van der Waals surface area (Å²) in [5.41, 5.74) is 6.40. The fourth-order valence-electron chi connectivity index (χ4n) is 2.03. The summed E-state index contributed by atoms with van der Waals surface area (Å²) in [6, 6.07) is 19.7. The fraction of sp³-hybridized carbons (Fsp3) is 0.0625. The molecule has 2 aromatic carbocycles. The molecule has 0 spiro atoms. The third kappa shape index (κ3) is 2.41. The van der Waals surface area contributed by atoms with Gasteiger partial charge in [0.05, 0.1) is 5.69 Å². The molecule has 0 aliphatic rings. The van der Waals surface area contributed by atoms with Gasteiger partial charge in [0.15, 0.2) is 0 Å². The highest BCUT2D eigenvalue weighted by Crippen LogP contribution is 2.28. The van der Waals surface area contributed by atoms with E-state index in [9.17, 15) is 0 Å². The number of fused-ring (bicyclic) bond motifs is 1. The van der Waals surface area contributed by atoms with E-state index in [1.165, 1.54) is 0 Å². The van der Waals surface area contributed by atoms with Gasteiger partial charge >= 0.3 is 0 Å². The van der Waals surface area contributed by atoms with Crippen molar-refractivity contribution >= 4 is 10.8 Å². The Hall–Kier alpha value is -2.39. The average Bonchev–Trinajstić information content (AvgIpc) is 2.48. The highest BCUT2D eigenvalue weighted by atomic mass is 16.5. The molecule has 0 unspecified atom stereocenters. The van der Waals surface area contributed by atoms with E-state index in [4.69, 9.17) is 10.5 Å². The minimum Gasteiger partial charge on any atom is -0.438 e. The molecule has 0 atom stereocenters. The Balaban J connectivity index is 2.01. The molecule has 0 fully saturated rings. The van der Waals surface area contributed by atoms with Crippen molar-refractivity contribution in [2.75, 3.05) is 0 Å². The number of pyridine rings is 1. The highest BCUT2D eigenvalue weighted by molar-refractivity contribution is 5.88. The monoisotopic (exact) mass is 250 g/mol. The van der Waals surface area contributed by atoms with E-state index in [0.717, 1.165) is 22.2 Å². The summed E-state index contributed by atoms with van der Waals surface area (Å²) in [6.07, 6.45) is 0. The molecule has 3 heteroatoms. The first-order valence-corrected chi connectivity index (χ1v) is 6.18. The van der Waals surface area contributed by atoms with Gasteiger partial charge in [-0.3, -0.25) is 0 Å². The average molecular weight is 250 g/mol. The van der Waals surface area contributed by atoms with Crippen molar-refractivity contribution in [2.24, 2.45) is 5.73 Å². The van der Waals surface area contributed by atoms with Gasteiger partial charge in [0.1, 0.15) is 5.75 Å². The summed E-state index contributed by atoms with van der Waals surface area (Å²) >= 11 is 0. The van der Waals surface area contributed by atoms with Crippen molar-refractivity contribution in [3.05, 3.63) is 66.4 Å². The van der Waals surface area contributed by atoms with E-state index < -0.39 is 0 Å². The molecule has 2 N–H and O–H groups in total. The number of aromatic nitrogens is 1. The largest absolute Gasteiger partial charge is 0.438 e. The van der Waals surface area contributed by atoms with Crippen LogP contribution in [-0.2, 0) is 6.54 Å². The molecular weight excluding hydrogens is 236 g/mol. The number of hydrogen-bond donors (Lipinski definition) is 1. The Kier molecular flexibility index (Phi) is 3.12. The van der Waals surface area contributed by atoms with Crippen LogP contribution < -0.4 is 10.5 Å². The van der Waals surface area contributed by atoms with Gasteiger partial charge in [0.2, 0.25) is 5.88 Å². The predicted octanol–water partition coefficient (Wildman–Crippen LogP) is 3.49. The van der Waals surface area contributed by atoms with Gasteiger partial charge < -0.3 is 10.5 Å². The van der Waals surface area contributed by atoms with Crippen LogP contribution in [0.1, 0.15) is 5.69 Å². The molecule has 3 rings (SSSR count). The van der Waals surface area contributed by atoms with Gasteiger partial charge in [-0.15, -0.1) is 0 Å². The van der Waals surface area contributed by atoms with Crippen molar-refractivity contribution in [2.45, 2.75) is 6.54 Å². The molecule has 0 amide bonds. The maximum absolute atomic E-state index is 5.87. The predicted molar refractivity (Wildman–Crippen MR) is 76.2 cm³/mol. The molecule has 0 aliphatic carbocycles. The zero-order chi connectivity index (χ0) is 13.1. The molecule has 0 aliphatic heterocycles. The van der Waals surface area contributed by atoms with Gasteiger partial charge in [-0.1, -0.05) is 42.5 Å². The van der Waals surface area contributed by atoms with Gasteiger partial charge in [-0.2, -0.15) is 0 Å². The number of ether oxygens (including phenoxy) is 1. The number of rotatable bonds is 3. The Morgan fingerprint density at radius 3 is 2.58 bits per heavy atom. The third-order valence-electron chi connectivity index (χ3n) is 2.95. The summed E-state index contributed by atoms with van der Waals surface area (Å²) in [5.74, 6) is 1.37. The van der Waals surface area contributed by atoms with Crippen LogP contribution in [0.2, 0.25) is 0 Å². The standard InChI is InChI=1S/C16H14N2O/c17-11-13-7-4-10-16(18-13)19-15-9-3-6-12-5-1-2-8-14(12)15/h1-10H,11,17H2. The van der Waals surface area contributed by atoms with Crippen molar-refractivity contribution in [3.8, 4) is 11.6 Å². The second-order valence-electron chi connectivity index (χ2n) is 4.25. The van der Waals surface area contributed by atoms with E-state index in [1.807, 2.05) is 48.5 Å². The molecule has 1 heterocycles. The summed E-state index contributed by atoms with van der Waals surface area (Å²) < 4.78 is 5.87. The number of nitrogens with two attached hydrogens (primary N) is 1. The van der Waals surface area contributed by atoms with Gasteiger partial charge in [-0.25, -0.2) is 4.98 Å². The first kappa shape index (κ1) is 11.7. The first-order valence-electron chi connectivity index (χ1n) is 6.18. The zero-order valence-electron chi connectivity index (χ0n) is 10.4. The topological polar surface area (TPSA) is 48.1 Å². The summed E-state index contributed by atoms with van der Waals surface area (Å²) in [4.78, 5) is 4.35. The lowest BCUT2D eigenvalue weighted by Crippen LogP contribution is -2.00. The normalized spacial score (nSPS) is 10.6. The molecule has 94 valence electrons. The first-order chi connectivity index (χ1) is 9.36. The second kappa shape index (κ2) is 5.08. The molecule has 0 saturated heterocycles. The van der Waals surface area contributed by atoms with Crippen molar-refractivity contribution in [3.63, 3.8) is 0 Å². The molecule has 0 radical (unpaired) electrons. The SMILES string of the molecule is NCc1cccc(Oc2cccc3ccccc23)n1. The van der Waals surface area contributed by atoms with Crippen LogP contribution in [-0.4, -0.2) is 4.98 Å². The smallest absolute Gasteiger partial charge is 0.219 e. The van der Waals surface area contributed by atoms with E-state index in [2.05, 4.69) is 17.1 Å². The van der Waals surface area contributed by atoms with E-state index in [1.54, 1.807) is 0 Å². The van der Waals surface area contributed by atoms with E-state index in [-0.39, 0.29) is 0 Å². The van der Waals surface area contributed by atoms with Crippen LogP contribution in [0.4, 0.5) is 0 Å². The Morgan fingerprint density at radius 2 is 1.68 bits per heavy atom. The van der Waals surface area contributed by atoms with Crippen molar-refractivity contribution < 1.29 is 4.74 Å².